The Balaban J connectivity index is 1.62. The lowest BCUT2D eigenvalue weighted by Crippen LogP contribution is -2.05. The van der Waals surface area contributed by atoms with Crippen molar-refractivity contribution < 1.29 is 14.6 Å². The molecule has 0 fully saturated rings. The number of aliphatic hydroxyl groups is 1. The highest BCUT2D eigenvalue weighted by Crippen LogP contribution is 2.36. The average molecular weight is 461 g/mol. The minimum Gasteiger partial charge on any atom is -0.493 e. The predicted octanol–water partition coefficient (Wildman–Crippen LogP) is 5.23. The smallest absolute Gasteiger partial charge is 0.225 e. The summed E-state index contributed by atoms with van der Waals surface area (Å²) < 4.78 is 10.8. The van der Waals surface area contributed by atoms with Crippen LogP contribution in [0.4, 0.5) is 11.8 Å². The third-order valence-corrected chi connectivity index (χ3v) is 6.34. The molecule has 0 aliphatic rings. The van der Waals surface area contributed by atoms with Crippen LogP contribution in [0.25, 0.3) is 10.9 Å². The fraction of sp³-hybridized carbons (Fsp3) is 0.160. The summed E-state index contributed by atoms with van der Waals surface area (Å²) in [6.45, 7) is 4.17. The molecular formula is C25H24N4O3S. The summed E-state index contributed by atoms with van der Waals surface area (Å²) in [5.74, 6) is 2.05. The first-order chi connectivity index (χ1) is 16.2. The molecule has 8 heteroatoms. The van der Waals surface area contributed by atoms with Crippen LogP contribution in [0.3, 0.4) is 0 Å². The Kier molecular flexibility index (Phi) is 7.07. The molecule has 0 aliphatic heterocycles. The number of benzene rings is 3. The fourth-order valence-corrected chi connectivity index (χ4v) is 4.48. The molecule has 4 aromatic rings. The summed E-state index contributed by atoms with van der Waals surface area (Å²) in [5.41, 5.74) is 2.65. The Morgan fingerprint density at radius 3 is 2.24 bits per heavy atom. The van der Waals surface area contributed by atoms with E-state index in [1.165, 1.54) is 0 Å². The Bertz CT molecular complexity index is 1300. The standard InChI is InChI=1S/C25H24N4O3S/c1-26-24-18-12-20(31-2)21(32-3)13-19(18)28-25(29-24)27-14-16-8-4-6-10-22(16)33-23-11-7-5-9-17(23)15-30/h4-13,30H,1,14-15H2,2-3H3,(H,27,28,29). The molecule has 2 N–H and O–H groups in total. The van der Waals surface area contributed by atoms with E-state index in [9.17, 15) is 5.11 Å². The minimum atomic E-state index is 0.0000972. The van der Waals surface area contributed by atoms with Crippen LogP contribution in [0, 0.1) is 0 Å². The number of nitrogens with zero attached hydrogens (tertiary/aromatic N) is 3. The van der Waals surface area contributed by atoms with Crippen molar-refractivity contribution in [2.75, 3.05) is 19.5 Å². The molecule has 1 aromatic heterocycles. The average Bonchev–Trinajstić information content (AvgIpc) is 2.87. The summed E-state index contributed by atoms with van der Waals surface area (Å²) in [5, 5.41) is 13.7. The predicted molar refractivity (Wildman–Crippen MR) is 132 cm³/mol. The zero-order valence-corrected chi connectivity index (χ0v) is 19.2. The van der Waals surface area contributed by atoms with Crippen LogP contribution in [0.2, 0.25) is 0 Å². The normalized spacial score (nSPS) is 10.8. The lowest BCUT2D eigenvalue weighted by molar-refractivity contribution is 0.279. The van der Waals surface area contributed by atoms with Gasteiger partial charge in [0.25, 0.3) is 0 Å². The Morgan fingerprint density at radius 1 is 0.939 bits per heavy atom. The van der Waals surface area contributed by atoms with Gasteiger partial charge in [-0.25, -0.2) is 9.98 Å². The number of aliphatic hydroxyl groups excluding tert-OH is 1. The molecule has 0 saturated carbocycles. The fourth-order valence-electron chi connectivity index (χ4n) is 3.42. The molecule has 0 saturated heterocycles. The largest absolute Gasteiger partial charge is 0.493 e. The van der Waals surface area contributed by atoms with E-state index in [-0.39, 0.29) is 6.61 Å². The molecule has 168 valence electrons. The second-order valence-corrected chi connectivity index (χ2v) is 8.17. The van der Waals surface area contributed by atoms with Crippen LogP contribution in [0.1, 0.15) is 11.1 Å². The van der Waals surface area contributed by atoms with Gasteiger partial charge in [0.1, 0.15) is 0 Å². The van der Waals surface area contributed by atoms with Crippen LogP contribution in [-0.2, 0) is 13.2 Å². The maximum Gasteiger partial charge on any atom is 0.225 e. The lowest BCUT2D eigenvalue weighted by Gasteiger charge is -2.13. The van der Waals surface area contributed by atoms with Gasteiger partial charge in [-0.3, -0.25) is 0 Å². The van der Waals surface area contributed by atoms with E-state index >= 15 is 0 Å². The number of nitrogens with one attached hydrogen (secondary N) is 1. The highest BCUT2D eigenvalue weighted by Gasteiger charge is 2.13. The van der Waals surface area contributed by atoms with Gasteiger partial charge in [-0.1, -0.05) is 48.2 Å². The van der Waals surface area contributed by atoms with Gasteiger partial charge < -0.3 is 19.9 Å². The van der Waals surface area contributed by atoms with Gasteiger partial charge in [0, 0.05) is 27.8 Å². The number of hydrogen-bond donors (Lipinski definition) is 2. The van der Waals surface area contributed by atoms with Crippen molar-refractivity contribution in [2.45, 2.75) is 22.9 Å². The van der Waals surface area contributed by atoms with Gasteiger partial charge in [-0.15, -0.1) is 0 Å². The first-order valence-electron chi connectivity index (χ1n) is 10.3. The number of aliphatic imine (C=N–C) groups is 1. The van der Waals surface area contributed by atoms with Crippen LogP contribution in [0.15, 0.2) is 75.4 Å². The summed E-state index contributed by atoms with van der Waals surface area (Å²) in [6, 6.07) is 19.5. The molecule has 0 atom stereocenters. The number of fused-ring (bicyclic) bond motifs is 1. The van der Waals surface area contributed by atoms with Crippen LogP contribution >= 0.6 is 11.8 Å². The van der Waals surface area contributed by atoms with Crippen LogP contribution in [-0.4, -0.2) is 36.0 Å². The molecule has 7 nitrogen and oxygen atoms in total. The maximum atomic E-state index is 9.65. The van der Waals surface area contributed by atoms with E-state index < -0.39 is 0 Å². The lowest BCUT2D eigenvalue weighted by atomic mass is 10.2. The summed E-state index contributed by atoms with van der Waals surface area (Å²) >= 11 is 1.62. The molecule has 0 unspecified atom stereocenters. The van der Waals surface area contributed by atoms with E-state index in [0.717, 1.165) is 26.3 Å². The molecule has 4 rings (SSSR count). The van der Waals surface area contributed by atoms with E-state index in [1.807, 2.05) is 36.4 Å². The first kappa shape index (κ1) is 22.6. The molecule has 0 bridgehead atoms. The van der Waals surface area contributed by atoms with Crippen LogP contribution < -0.4 is 14.8 Å². The molecule has 0 spiro atoms. The van der Waals surface area contributed by atoms with Crippen molar-refractivity contribution in [2.24, 2.45) is 4.99 Å². The number of aromatic nitrogens is 2. The summed E-state index contributed by atoms with van der Waals surface area (Å²) in [7, 11) is 3.16. The quantitative estimate of drug-likeness (QED) is 0.330. The molecule has 0 aliphatic carbocycles. The van der Waals surface area contributed by atoms with Gasteiger partial charge in [0.15, 0.2) is 17.3 Å². The third kappa shape index (κ3) is 4.92. The molecule has 0 amide bonds. The summed E-state index contributed by atoms with van der Waals surface area (Å²) in [4.78, 5) is 15.3. The van der Waals surface area contributed by atoms with Crippen molar-refractivity contribution in [3.05, 3.63) is 71.8 Å². The topological polar surface area (TPSA) is 88.9 Å². The van der Waals surface area contributed by atoms with Gasteiger partial charge >= 0.3 is 0 Å². The Hall–Kier alpha value is -3.62. The van der Waals surface area contributed by atoms with Gasteiger partial charge in [-0.2, -0.15) is 4.98 Å². The highest BCUT2D eigenvalue weighted by molar-refractivity contribution is 7.99. The van der Waals surface area contributed by atoms with Crippen molar-refractivity contribution in [1.29, 1.82) is 0 Å². The number of ether oxygens (including phenoxy) is 2. The van der Waals surface area contributed by atoms with Gasteiger partial charge in [0.2, 0.25) is 5.95 Å². The SMILES string of the molecule is C=Nc1nc(NCc2ccccc2Sc2ccccc2CO)nc2cc(OC)c(OC)cc12. The molecule has 33 heavy (non-hydrogen) atoms. The van der Waals surface area contributed by atoms with Gasteiger partial charge in [0.05, 0.1) is 26.3 Å². The van der Waals surface area contributed by atoms with E-state index in [2.05, 4.69) is 39.1 Å². The second-order valence-electron chi connectivity index (χ2n) is 7.08. The number of methoxy groups -OCH3 is 2. The zero-order valence-electron chi connectivity index (χ0n) is 18.4. The number of hydrogen-bond acceptors (Lipinski definition) is 8. The monoisotopic (exact) mass is 460 g/mol. The molecule has 1 heterocycles. The van der Waals surface area contributed by atoms with Crippen molar-refractivity contribution in [3.8, 4) is 11.5 Å². The van der Waals surface area contributed by atoms with Crippen molar-refractivity contribution in [3.63, 3.8) is 0 Å². The maximum absolute atomic E-state index is 9.65. The highest BCUT2D eigenvalue weighted by atomic mass is 32.2. The minimum absolute atomic E-state index is 0.0000972. The summed E-state index contributed by atoms with van der Waals surface area (Å²) in [6.07, 6.45) is 0. The van der Waals surface area contributed by atoms with Crippen molar-refractivity contribution >= 4 is 41.1 Å². The van der Waals surface area contributed by atoms with Crippen molar-refractivity contribution in [1.82, 2.24) is 9.97 Å². The zero-order chi connectivity index (χ0) is 23.2. The van der Waals surface area contributed by atoms with E-state index in [4.69, 9.17) is 9.47 Å². The molecular weight excluding hydrogens is 436 g/mol. The van der Waals surface area contributed by atoms with Crippen LogP contribution in [0.5, 0.6) is 11.5 Å². The second kappa shape index (κ2) is 10.3. The van der Waals surface area contributed by atoms with E-state index in [1.54, 1.807) is 38.1 Å². The van der Waals surface area contributed by atoms with Gasteiger partial charge in [-0.05, 0) is 36.0 Å². The number of anilines is 1. The Labute approximate surface area is 196 Å². The molecule has 0 radical (unpaired) electrons. The number of rotatable bonds is 9. The van der Waals surface area contributed by atoms with E-state index in [0.29, 0.717) is 35.3 Å². The first-order valence-corrected chi connectivity index (χ1v) is 11.1. The Morgan fingerprint density at radius 2 is 1.58 bits per heavy atom. The third-order valence-electron chi connectivity index (χ3n) is 5.10. The molecule has 3 aromatic carbocycles.